The minimum Gasteiger partial charge on any atom is -0.377 e. The average molecular weight is 435 g/mol. The van der Waals surface area contributed by atoms with Crippen molar-refractivity contribution < 1.29 is 4.74 Å². The fraction of sp³-hybridized carbons (Fsp3) is 0.0952. The molecule has 0 saturated carbocycles. The van der Waals surface area contributed by atoms with Gasteiger partial charge in [-0.15, -0.1) is 5.10 Å². The fourth-order valence-corrected chi connectivity index (χ4v) is 3.51. The minimum absolute atomic E-state index is 0.186. The summed E-state index contributed by atoms with van der Waals surface area (Å²) in [5.41, 5.74) is 0.971. The standard InChI is InChI=1S/C21H15ClN6O3/c1-31-11-18-24-21(26-25-18)28-9-7-17-15(20(28)30)10-14-16(23-17)6-8-27(19(14)29)13-4-2-12(22)3-5-13/h2-10H,11H2,1H3,(H,24,25,26). The summed E-state index contributed by atoms with van der Waals surface area (Å²) in [6.07, 6.45) is 3.21. The number of aromatic nitrogens is 6. The molecule has 0 aliphatic rings. The van der Waals surface area contributed by atoms with Gasteiger partial charge in [-0.3, -0.25) is 19.3 Å². The number of fused-ring (bicyclic) bond motifs is 2. The molecule has 0 bridgehead atoms. The number of hydrogen-bond acceptors (Lipinski definition) is 6. The van der Waals surface area contributed by atoms with Crippen LogP contribution >= 0.6 is 11.6 Å². The monoisotopic (exact) mass is 434 g/mol. The largest absolute Gasteiger partial charge is 0.377 e. The first-order valence-corrected chi connectivity index (χ1v) is 9.67. The molecule has 0 aliphatic heterocycles. The lowest BCUT2D eigenvalue weighted by Crippen LogP contribution is -2.21. The van der Waals surface area contributed by atoms with Crippen molar-refractivity contribution in [1.82, 2.24) is 29.3 Å². The minimum atomic E-state index is -0.379. The van der Waals surface area contributed by atoms with E-state index in [9.17, 15) is 9.59 Å². The molecule has 0 unspecified atom stereocenters. The van der Waals surface area contributed by atoms with Crippen LogP contribution < -0.4 is 11.1 Å². The Morgan fingerprint density at radius 1 is 0.935 bits per heavy atom. The molecule has 5 rings (SSSR count). The molecule has 5 aromatic rings. The molecule has 0 amide bonds. The lowest BCUT2D eigenvalue weighted by atomic mass is 10.2. The van der Waals surface area contributed by atoms with Crippen LogP contribution in [0, 0.1) is 0 Å². The van der Waals surface area contributed by atoms with Crippen molar-refractivity contribution in [2.24, 2.45) is 0 Å². The molecular formula is C21H15ClN6O3. The van der Waals surface area contributed by atoms with Crippen LogP contribution in [0.5, 0.6) is 0 Å². The van der Waals surface area contributed by atoms with Crippen molar-refractivity contribution in [3.8, 4) is 11.6 Å². The quantitative estimate of drug-likeness (QED) is 0.436. The maximum atomic E-state index is 13.1. The Morgan fingerprint density at radius 3 is 2.26 bits per heavy atom. The topological polar surface area (TPSA) is 108 Å². The highest BCUT2D eigenvalue weighted by molar-refractivity contribution is 6.30. The summed E-state index contributed by atoms with van der Waals surface area (Å²) >= 11 is 5.95. The van der Waals surface area contributed by atoms with Crippen LogP contribution in [0.25, 0.3) is 33.4 Å². The lowest BCUT2D eigenvalue weighted by Gasteiger charge is -2.08. The van der Waals surface area contributed by atoms with E-state index in [1.54, 1.807) is 54.9 Å². The number of methoxy groups -OCH3 is 1. The number of nitrogens with one attached hydrogen (secondary N) is 1. The van der Waals surface area contributed by atoms with Crippen LogP contribution in [0.1, 0.15) is 5.82 Å². The number of ether oxygens (including phenoxy) is 1. The van der Waals surface area contributed by atoms with Gasteiger partial charge in [-0.05, 0) is 42.5 Å². The van der Waals surface area contributed by atoms with E-state index in [2.05, 4.69) is 20.2 Å². The first kappa shape index (κ1) is 19.2. The van der Waals surface area contributed by atoms with Gasteiger partial charge in [-0.25, -0.2) is 9.55 Å². The summed E-state index contributed by atoms with van der Waals surface area (Å²) in [5, 5.41) is 7.98. The zero-order chi connectivity index (χ0) is 21.5. The Hall–Kier alpha value is -3.82. The molecule has 31 heavy (non-hydrogen) atoms. The number of aromatic amines is 1. The Bertz CT molecular complexity index is 1550. The van der Waals surface area contributed by atoms with E-state index in [-0.39, 0.29) is 23.7 Å². The van der Waals surface area contributed by atoms with E-state index < -0.39 is 0 Å². The van der Waals surface area contributed by atoms with Crippen LogP contribution in [0.2, 0.25) is 5.02 Å². The van der Waals surface area contributed by atoms with Crippen molar-refractivity contribution >= 4 is 33.4 Å². The smallest absolute Gasteiger partial charge is 0.267 e. The zero-order valence-corrected chi connectivity index (χ0v) is 17.0. The Morgan fingerprint density at radius 2 is 1.58 bits per heavy atom. The van der Waals surface area contributed by atoms with Gasteiger partial charge < -0.3 is 4.74 Å². The van der Waals surface area contributed by atoms with Crippen molar-refractivity contribution in [3.05, 3.63) is 86.4 Å². The number of benzene rings is 1. The Kier molecular flexibility index (Phi) is 4.61. The summed E-state index contributed by atoms with van der Waals surface area (Å²) in [4.78, 5) is 35.0. The molecule has 10 heteroatoms. The van der Waals surface area contributed by atoms with Gasteiger partial charge in [0.15, 0.2) is 5.82 Å². The van der Waals surface area contributed by atoms with E-state index in [0.29, 0.717) is 38.3 Å². The van der Waals surface area contributed by atoms with E-state index >= 15 is 0 Å². The molecule has 0 spiro atoms. The molecule has 0 atom stereocenters. The van der Waals surface area contributed by atoms with Gasteiger partial charge in [-0.2, -0.15) is 4.98 Å². The molecule has 1 aromatic carbocycles. The first-order valence-electron chi connectivity index (χ1n) is 9.29. The Balaban J connectivity index is 1.70. The first-order chi connectivity index (χ1) is 15.0. The number of halogens is 1. The van der Waals surface area contributed by atoms with E-state index in [1.807, 2.05) is 0 Å². The van der Waals surface area contributed by atoms with Crippen molar-refractivity contribution in [2.45, 2.75) is 6.61 Å². The van der Waals surface area contributed by atoms with Crippen LogP contribution in [0.4, 0.5) is 0 Å². The average Bonchev–Trinajstić information content (AvgIpc) is 3.23. The van der Waals surface area contributed by atoms with E-state index in [4.69, 9.17) is 16.3 Å². The van der Waals surface area contributed by atoms with Crippen LogP contribution in [0.15, 0.2) is 64.4 Å². The normalized spacial score (nSPS) is 11.4. The third-order valence-corrected chi connectivity index (χ3v) is 5.12. The van der Waals surface area contributed by atoms with Crippen LogP contribution in [0.3, 0.4) is 0 Å². The van der Waals surface area contributed by atoms with E-state index in [1.165, 1.54) is 16.2 Å². The summed E-state index contributed by atoms with van der Waals surface area (Å²) in [5.74, 6) is 0.678. The molecule has 0 fully saturated rings. The van der Waals surface area contributed by atoms with E-state index in [0.717, 1.165) is 0 Å². The van der Waals surface area contributed by atoms with Crippen LogP contribution in [-0.2, 0) is 11.3 Å². The van der Waals surface area contributed by atoms with Crippen LogP contribution in [-0.4, -0.2) is 36.4 Å². The second-order valence-electron chi connectivity index (χ2n) is 6.83. The number of H-pyrrole nitrogens is 1. The second kappa shape index (κ2) is 7.46. The van der Waals surface area contributed by atoms with Gasteiger partial charge in [0.05, 0.1) is 21.8 Å². The second-order valence-corrected chi connectivity index (χ2v) is 7.26. The SMILES string of the molecule is COCc1nc(-n2ccc3nc4ccn(-c5ccc(Cl)cc5)c(=O)c4cc3c2=O)n[nH]1. The highest BCUT2D eigenvalue weighted by Crippen LogP contribution is 2.17. The Labute approximate surface area is 179 Å². The van der Waals surface area contributed by atoms with Crippen molar-refractivity contribution in [3.63, 3.8) is 0 Å². The molecule has 0 radical (unpaired) electrons. The number of pyridine rings is 3. The molecule has 9 nitrogen and oxygen atoms in total. The summed E-state index contributed by atoms with van der Waals surface area (Å²) in [6, 6.07) is 11.9. The third kappa shape index (κ3) is 3.29. The lowest BCUT2D eigenvalue weighted by molar-refractivity contribution is 0.178. The predicted molar refractivity (Wildman–Crippen MR) is 116 cm³/mol. The van der Waals surface area contributed by atoms with Crippen molar-refractivity contribution in [1.29, 1.82) is 0 Å². The fourth-order valence-electron chi connectivity index (χ4n) is 3.38. The summed E-state index contributed by atoms with van der Waals surface area (Å²) in [7, 11) is 1.54. The molecule has 4 heterocycles. The molecule has 0 aliphatic carbocycles. The van der Waals surface area contributed by atoms with Gasteiger partial charge >= 0.3 is 0 Å². The maximum Gasteiger partial charge on any atom is 0.267 e. The highest BCUT2D eigenvalue weighted by atomic mass is 35.5. The molecule has 154 valence electrons. The number of nitrogens with zero attached hydrogens (tertiary/aromatic N) is 5. The van der Waals surface area contributed by atoms with Gasteiger partial charge in [-0.1, -0.05) is 11.6 Å². The molecule has 0 saturated heterocycles. The van der Waals surface area contributed by atoms with Gasteiger partial charge in [0.1, 0.15) is 6.61 Å². The third-order valence-electron chi connectivity index (χ3n) is 4.86. The van der Waals surface area contributed by atoms with Crippen molar-refractivity contribution in [2.75, 3.05) is 7.11 Å². The maximum absolute atomic E-state index is 13.1. The van der Waals surface area contributed by atoms with Gasteiger partial charge in [0.25, 0.3) is 17.1 Å². The molecule has 1 N–H and O–H groups in total. The zero-order valence-electron chi connectivity index (χ0n) is 16.2. The molecule has 4 aromatic heterocycles. The summed E-state index contributed by atoms with van der Waals surface area (Å²) < 4.78 is 7.80. The predicted octanol–water partition coefficient (Wildman–Crippen LogP) is 2.61. The number of rotatable bonds is 4. The van der Waals surface area contributed by atoms with Gasteiger partial charge in [0, 0.05) is 30.2 Å². The molecular weight excluding hydrogens is 420 g/mol. The number of hydrogen-bond donors (Lipinski definition) is 1. The summed E-state index contributed by atoms with van der Waals surface area (Å²) in [6.45, 7) is 0.242. The van der Waals surface area contributed by atoms with Gasteiger partial charge in [0.2, 0.25) is 0 Å². The highest BCUT2D eigenvalue weighted by Gasteiger charge is 2.13.